The molecule has 0 aliphatic carbocycles. The molecule has 1 aliphatic heterocycles. The van der Waals surface area contributed by atoms with Crippen molar-refractivity contribution >= 4 is 29.1 Å². The zero-order valence-electron chi connectivity index (χ0n) is 19.0. The Kier molecular flexibility index (Phi) is 8.54. The lowest BCUT2D eigenvalue weighted by Crippen LogP contribution is -2.52. The van der Waals surface area contributed by atoms with Crippen LogP contribution in [0.2, 0.25) is 0 Å². The third-order valence-corrected chi connectivity index (χ3v) is 6.55. The van der Waals surface area contributed by atoms with Gasteiger partial charge in [-0.15, -0.1) is 11.3 Å². The van der Waals surface area contributed by atoms with Gasteiger partial charge in [0, 0.05) is 33.0 Å². The Balaban J connectivity index is 1.57. The van der Waals surface area contributed by atoms with Gasteiger partial charge in [0.2, 0.25) is 17.7 Å². The monoisotopic (exact) mass is 474 g/mol. The SMILES string of the molecule is COCCC(=O)NC(C)C(=O)N1CC(O)CC1C(=O)NCc1ccc(-c2scnc2C)cc1. The fourth-order valence-corrected chi connectivity index (χ4v) is 4.60. The molecule has 2 aromatic rings. The van der Waals surface area contributed by atoms with Crippen molar-refractivity contribution in [1.82, 2.24) is 20.5 Å². The molecule has 3 unspecified atom stereocenters. The number of ether oxygens (including phenoxy) is 1. The van der Waals surface area contributed by atoms with Crippen LogP contribution in [0.5, 0.6) is 0 Å². The molecular weight excluding hydrogens is 444 g/mol. The van der Waals surface area contributed by atoms with Crippen LogP contribution in [0.1, 0.15) is 31.0 Å². The van der Waals surface area contributed by atoms with Crippen molar-refractivity contribution < 1.29 is 24.2 Å². The number of hydrogen-bond acceptors (Lipinski definition) is 7. The van der Waals surface area contributed by atoms with E-state index in [1.54, 1.807) is 18.3 Å². The first-order valence-corrected chi connectivity index (χ1v) is 11.7. The van der Waals surface area contributed by atoms with Crippen molar-refractivity contribution in [2.75, 3.05) is 20.3 Å². The van der Waals surface area contributed by atoms with Gasteiger partial charge in [-0.1, -0.05) is 24.3 Å². The number of benzene rings is 1. The second kappa shape index (κ2) is 11.4. The van der Waals surface area contributed by atoms with Crippen LogP contribution in [0.15, 0.2) is 29.8 Å². The predicted molar refractivity (Wildman–Crippen MR) is 124 cm³/mol. The number of aliphatic hydroxyl groups is 1. The summed E-state index contributed by atoms with van der Waals surface area (Å²) in [6.07, 6.45) is -0.490. The van der Waals surface area contributed by atoms with Crippen LogP contribution in [0.4, 0.5) is 0 Å². The molecule has 1 fully saturated rings. The molecule has 0 radical (unpaired) electrons. The summed E-state index contributed by atoms with van der Waals surface area (Å²) in [4.78, 5) is 44.3. The smallest absolute Gasteiger partial charge is 0.245 e. The van der Waals surface area contributed by atoms with E-state index in [1.807, 2.05) is 36.7 Å². The molecule has 0 spiro atoms. The number of aromatic nitrogens is 1. The highest BCUT2D eigenvalue weighted by Crippen LogP contribution is 2.27. The summed E-state index contributed by atoms with van der Waals surface area (Å²) in [5.41, 5.74) is 4.79. The number of β-amino-alcohol motifs (C(OH)–C–C–N with tert-alkyl or cyclic N) is 1. The zero-order valence-corrected chi connectivity index (χ0v) is 19.9. The van der Waals surface area contributed by atoms with E-state index in [0.29, 0.717) is 6.54 Å². The number of nitrogens with one attached hydrogen (secondary N) is 2. The van der Waals surface area contributed by atoms with Crippen molar-refractivity contribution in [1.29, 1.82) is 0 Å². The molecule has 3 N–H and O–H groups in total. The average Bonchev–Trinajstić information content (AvgIpc) is 3.41. The Morgan fingerprint density at radius 1 is 1.30 bits per heavy atom. The quantitative estimate of drug-likeness (QED) is 0.503. The lowest BCUT2D eigenvalue weighted by atomic mass is 10.1. The standard InChI is InChI=1S/C23H30N4O5S/c1-14-21(33-13-25-14)17-6-4-16(5-7-17)11-24-22(30)19-10-18(28)12-27(19)23(31)15(2)26-20(29)8-9-32-3/h4-7,13,15,18-19,28H,8-12H2,1-3H3,(H,24,30)(H,26,29). The highest BCUT2D eigenvalue weighted by atomic mass is 32.1. The highest BCUT2D eigenvalue weighted by Gasteiger charge is 2.40. The molecule has 0 saturated carbocycles. The zero-order chi connectivity index (χ0) is 24.0. The number of carbonyl (C=O) groups is 3. The van der Waals surface area contributed by atoms with Gasteiger partial charge >= 0.3 is 0 Å². The number of nitrogens with zero attached hydrogens (tertiary/aromatic N) is 2. The Morgan fingerprint density at radius 3 is 2.67 bits per heavy atom. The Morgan fingerprint density at radius 2 is 2.03 bits per heavy atom. The van der Waals surface area contributed by atoms with Gasteiger partial charge < -0.3 is 25.4 Å². The molecule has 1 saturated heterocycles. The first kappa shape index (κ1) is 24.8. The van der Waals surface area contributed by atoms with Gasteiger partial charge in [-0.2, -0.15) is 0 Å². The third kappa shape index (κ3) is 6.37. The molecule has 0 bridgehead atoms. The average molecular weight is 475 g/mol. The van der Waals surface area contributed by atoms with Crippen molar-refractivity contribution in [2.45, 2.75) is 51.4 Å². The molecule has 1 aromatic heterocycles. The highest BCUT2D eigenvalue weighted by molar-refractivity contribution is 7.13. The molecule has 1 aliphatic rings. The van der Waals surface area contributed by atoms with Crippen LogP contribution >= 0.6 is 11.3 Å². The Bertz CT molecular complexity index is 977. The summed E-state index contributed by atoms with van der Waals surface area (Å²) in [5.74, 6) is -1.04. The second-order valence-corrected chi connectivity index (χ2v) is 8.96. The number of aliphatic hydroxyl groups excluding tert-OH is 1. The van der Waals surface area contributed by atoms with E-state index in [1.165, 1.54) is 12.0 Å². The Hall–Kier alpha value is -2.82. The van der Waals surface area contributed by atoms with Crippen LogP contribution < -0.4 is 10.6 Å². The summed E-state index contributed by atoms with van der Waals surface area (Å²) in [6.45, 7) is 4.15. The summed E-state index contributed by atoms with van der Waals surface area (Å²) >= 11 is 1.58. The first-order chi connectivity index (χ1) is 15.8. The minimum atomic E-state index is -0.808. The van der Waals surface area contributed by atoms with Crippen LogP contribution in [-0.2, 0) is 25.7 Å². The number of rotatable bonds is 9. The maximum absolute atomic E-state index is 12.9. The van der Waals surface area contributed by atoms with Gasteiger partial charge in [0.1, 0.15) is 12.1 Å². The molecule has 10 heteroatoms. The fourth-order valence-electron chi connectivity index (χ4n) is 3.78. The lowest BCUT2D eigenvalue weighted by Gasteiger charge is -2.27. The van der Waals surface area contributed by atoms with Gasteiger partial charge in [0.25, 0.3) is 0 Å². The summed E-state index contributed by atoms with van der Waals surface area (Å²) in [6, 6.07) is 6.27. The molecule has 3 atom stereocenters. The van der Waals surface area contributed by atoms with E-state index in [2.05, 4.69) is 15.6 Å². The van der Waals surface area contributed by atoms with Crippen LogP contribution in [-0.4, -0.2) is 71.2 Å². The Labute approximate surface area is 197 Å². The van der Waals surface area contributed by atoms with Gasteiger partial charge in [0.05, 0.1) is 28.8 Å². The number of carbonyl (C=O) groups excluding carboxylic acids is 3. The van der Waals surface area contributed by atoms with Gasteiger partial charge in [-0.05, 0) is 25.0 Å². The van der Waals surface area contributed by atoms with Gasteiger partial charge in [-0.25, -0.2) is 4.98 Å². The number of amides is 3. The maximum Gasteiger partial charge on any atom is 0.245 e. The van der Waals surface area contributed by atoms with E-state index >= 15 is 0 Å². The van der Waals surface area contributed by atoms with Crippen molar-refractivity contribution in [2.24, 2.45) is 0 Å². The van der Waals surface area contributed by atoms with E-state index in [9.17, 15) is 19.5 Å². The van der Waals surface area contributed by atoms with E-state index in [-0.39, 0.29) is 37.8 Å². The van der Waals surface area contributed by atoms with Crippen LogP contribution in [0.3, 0.4) is 0 Å². The number of likely N-dealkylation sites (tertiary alicyclic amines) is 1. The predicted octanol–water partition coefficient (Wildman–Crippen LogP) is 1.24. The van der Waals surface area contributed by atoms with E-state index < -0.39 is 24.1 Å². The second-order valence-electron chi connectivity index (χ2n) is 8.11. The summed E-state index contributed by atoms with van der Waals surface area (Å²) in [5, 5.41) is 15.6. The molecule has 178 valence electrons. The van der Waals surface area contributed by atoms with Crippen molar-refractivity contribution in [3.05, 3.63) is 41.0 Å². The topological polar surface area (TPSA) is 121 Å². The third-order valence-electron chi connectivity index (χ3n) is 5.57. The fraction of sp³-hybridized carbons (Fsp3) is 0.478. The lowest BCUT2D eigenvalue weighted by molar-refractivity contribution is -0.141. The largest absolute Gasteiger partial charge is 0.391 e. The number of methoxy groups -OCH3 is 1. The molecule has 3 amide bonds. The number of thiazole rings is 1. The molecule has 33 heavy (non-hydrogen) atoms. The summed E-state index contributed by atoms with van der Waals surface area (Å²) < 4.78 is 4.87. The van der Waals surface area contributed by atoms with Crippen molar-refractivity contribution in [3.63, 3.8) is 0 Å². The van der Waals surface area contributed by atoms with Gasteiger partial charge in [-0.3, -0.25) is 14.4 Å². The minimum Gasteiger partial charge on any atom is -0.391 e. The molecule has 2 heterocycles. The van der Waals surface area contributed by atoms with Crippen LogP contribution in [0.25, 0.3) is 10.4 Å². The molecule has 9 nitrogen and oxygen atoms in total. The van der Waals surface area contributed by atoms with Gasteiger partial charge in [0.15, 0.2) is 0 Å². The minimum absolute atomic E-state index is 0.0537. The number of aryl methyl sites for hydroxylation is 1. The molecular formula is C23H30N4O5S. The van der Waals surface area contributed by atoms with Crippen molar-refractivity contribution in [3.8, 4) is 10.4 Å². The van der Waals surface area contributed by atoms with Crippen LogP contribution in [0, 0.1) is 6.92 Å². The number of hydrogen-bond donors (Lipinski definition) is 3. The normalized spacial score (nSPS) is 18.7. The first-order valence-electron chi connectivity index (χ1n) is 10.8. The maximum atomic E-state index is 12.9. The van der Waals surface area contributed by atoms with E-state index in [0.717, 1.165) is 21.7 Å². The van der Waals surface area contributed by atoms with E-state index in [4.69, 9.17) is 4.74 Å². The molecule has 3 rings (SSSR count). The molecule has 1 aromatic carbocycles. The summed E-state index contributed by atoms with van der Waals surface area (Å²) in [7, 11) is 1.49.